The standard InChI is InChI=1S/C18H17NO/c1-20-18-7-3-2-6-17(18)15-10-8-14(9-11-15)13-16-5-4-12-19-16/h2-12,19H,13H2,1H3. The van der Waals surface area contributed by atoms with E-state index in [4.69, 9.17) is 4.74 Å². The van der Waals surface area contributed by atoms with E-state index >= 15 is 0 Å². The first-order valence-electron chi connectivity index (χ1n) is 6.71. The molecule has 3 aromatic rings. The lowest BCUT2D eigenvalue weighted by Gasteiger charge is -2.09. The van der Waals surface area contributed by atoms with Gasteiger partial charge in [-0.05, 0) is 29.3 Å². The van der Waals surface area contributed by atoms with Crippen molar-refractivity contribution in [3.63, 3.8) is 0 Å². The Kier molecular flexibility index (Phi) is 3.55. The Morgan fingerprint density at radius 1 is 0.900 bits per heavy atom. The third kappa shape index (κ3) is 2.59. The highest BCUT2D eigenvalue weighted by Crippen LogP contribution is 2.29. The van der Waals surface area contributed by atoms with E-state index < -0.39 is 0 Å². The minimum Gasteiger partial charge on any atom is -0.496 e. The Morgan fingerprint density at radius 2 is 1.70 bits per heavy atom. The summed E-state index contributed by atoms with van der Waals surface area (Å²) in [6.07, 6.45) is 2.89. The van der Waals surface area contributed by atoms with Crippen LogP contribution in [0, 0.1) is 0 Å². The summed E-state index contributed by atoms with van der Waals surface area (Å²) in [5.74, 6) is 0.907. The molecular formula is C18H17NO. The van der Waals surface area contributed by atoms with E-state index in [1.165, 1.54) is 16.8 Å². The van der Waals surface area contributed by atoms with E-state index in [0.717, 1.165) is 17.7 Å². The van der Waals surface area contributed by atoms with Crippen molar-refractivity contribution in [2.75, 3.05) is 7.11 Å². The zero-order valence-corrected chi connectivity index (χ0v) is 11.5. The van der Waals surface area contributed by atoms with Gasteiger partial charge in [-0.15, -0.1) is 0 Å². The quantitative estimate of drug-likeness (QED) is 0.746. The van der Waals surface area contributed by atoms with Crippen LogP contribution in [0.1, 0.15) is 11.3 Å². The van der Waals surface area contributed by atoms with E-state index in [2.05, 4.69) is 41.4 Å². The van der Waals surface area contributed by atoms with Crippen molar-refractivity contribution < 1.29 is 4.74 Å². The van der Waals surface area contributed by atoms with Crippen molar-refractivity contribution >= 4 is 0 Å². The van der Waals surface area contributed by atoms with Crippen LogP contribution < -0.4 is 4.74 Å². The van der Waals surface area contributed by atoms with Crippen LogP contribution in [-0.4, -0.2) is 12.1 Å². The average Bonchev–Trinajstić information content (AvgIpc) is 3.01. The third-order valence-electron chi connectivity index (χ3n) is 3.43. The van der Waals surface area contributed by atoms with Gasteiger partial charge in [0.25, 0.3) is 0 Å². The first-order valence-corrected chi connectivity index (χ1v) is 6.71. The summed E-state index contributed by atoms with van der Waals surface area (Å²) in [7, 11) is 1.71. The van der Waals surface area contributed by atoms with Crippen molar-refractivity contribution in [3.8, 4) is 16.9 Å². The first kappa shape index (κ1) is 12.5. The van der Waals surface area contributed by atoms with Crippen LogP contribution in [0.5, 0.6) is 5.75 Å². The van der Waals surface area contributed by atoms with Crippen LogP contribution in [0.2, 0.25) is 0 Å². The molecule has 0 amide bonds. The summed E-state index contributed by atoms with van der Waals surface area (Å²) >= 11 is 0. The maximum absolute atomic E-state index is 5.41. The molecule has 1 heterocycles. The van der Waals surface area contributed by atoms with Gasteiger partial charge in [0.2, 0.25) is 0 Å². The van der Waals surface area contributed by atoms with Crippen molar-refractivity contribution in [1.82, 2.24) is 4.98 Å². The average molecular weight is 263 g/mol. The molecular weight excluding hydrogens is 246 g/mol. The molecule has 0 atom stereocenters. The summed E-state index contributed by atoms with van der Waals surface area (Å²) < 4.78 is 5.41. The van der Waals surface area contributed by atoms with Gasteiger partial charge in [-0.1, -0.05) is 42.5 Å². The van der Waals surface area contributed by atoms with Gasteiger partial charge in [-0.2, -0.15) is 0 Å². The van der Waals surface area contributed by atoms with Crippen molar-refractivity contribution in [2.24, 2.45) is 0 Å². The summed E-state index contributed by atoms with van der Waals surface area (Å²) in [6, 6.07) is 20.9. The van der Waals surface area contributed by atoms with E-state index in [0.29, 0.717) is 0 Å². The second-order valence-electron chi connectivity index (χ2n) is 4.77. The second kappa shape index (κ2) is 5.66. The van der Waals surface area contributed by atoms with E-state index in [9.17, 15) is 0 Å². The van der Waals surface area contributed by atoms with Crippen molar-refractivity contribution in [1.29, 1.82) is 0 Å². The number of methoxy groups -OCH3 is 1. The lowest BCUT2D eigenvalue weighted by atomic mass is 10.0. The monoisotopic (exact) mass is 263 g/mol. The molecule has 1 aromatic heterocycles. The molecule has 0 aliphatic rings. The Hall–Kier alpha value is -2.48. The number of H-pyrrole nitrogens is 1. The Balaban J connectivity index is 1.85. The lowest BCUT2D eigenvalue weighted by molar-refractivity contribution is 0.416. The van der Waals surface area contributed by atoms with Crippen LogP contribution in [0.3, 0.4) is 0 Å². The van der Waals surface area contributed by atoms with Crippen molar-refractivity contribution in [3.05, 3.63) is 78.1 Å². The van der Waals surface area contributed by atoms with Crippen LogP contribution >= 0.6 is 0 Å². The molecule has 100 valence electrons. The van der Waals surface area contributed by atoms with Gasteiger partial charge in [-0.3, -0.25) is 0 Å². The zero-order valence-electron chi connectivity index (χ0n) is 11.5. The van der Waals surface area contributed by atoms with Gasteiger partial charge < -0.3 is 9.72 Å². The van der Waals surface area contributed by atoms with Gasteiger partial charge in [-0.25, -0.2) is 0 Å². The number of aromatic nitrogens is 1. The van der Waals surface area contributed by atoms with E-state index in [1.807, 2.05) is 30.5 Å². The summed E-state index contributed by atoms with van der Waals surface area (Å²) in [4.78, 5) is 3.23. The summed E-state index contributed by atoms with van der Waals surface area (Å²) in [5, 5.41) is 0. The molecule has 0 radical (unpaired) electrons. The topological polar surface area (TPSA) is 25.0 Å². The molecule has 0 bridgehead atoms. The van der Waals surface area contributed by atoms with E-state index in [-0.39, 0.29) is 0 Å². The molecule has 0 unspecified atom stereocenters. The number of para-hydroxylation sites is 1. The van der Waals surface area contributed by atoms with Gasteiger partial charge in [0.1, 0.15) is 5.75 Å². The van der Waals surface area contributed by atoms with Gasteiger partial charge in [0.05, 0.1) is 7.11 Å². The first-order chi connectivity index (χ1) is 9.86. The highest BCUT2D eigenvalue weighted by atomic mass is 16.5. The van der Waals surface area contributed by atoms with Crippen LogP contribution in [-0.2, 0) is 6.42 Å². The molecule has 2 aromatic carbocycles. The molecule has 0 spiro atoms. The van der Waals surface area contributed by atoms with Crippen LogP contribution in [0.15, 0.2) is 66.9 Å². The maximum Gasteiger partial charge on any atom is 0.126 e. The number of benzene rings is 2. The number of rotatable bonds is 4. The molecule has 2 heteroatoms. The number of nitrogens with one attached hydrogen (secondary N) is 1. The largest absolute Gasteiger partial charge is 0.496 e. The molecule has 2 nitrogen and oxygen atoms in total. The van der Waals surface area contributed by atoms with Crippen LogP contribution in [0.4, 0.5) is 0 Å². The predicted octanol–water partition coefficient (Wildman–Crippen LogP) is 4.28. The lowest BCUT2D eigenvalue weighted by Crippen LogP contribution is -1.90. The number of aromatic amines is 1. The van der Waals surface area contributed by atoms with Gasteiger partial charge in [0.15, 0.2) is 0 Å². The zero-order chi connectivity index (χ0) is 13.8. The molecule has 0 fully saturated rings. The van der Waals surface area contributed by atoms with Crippen molar-refractivity contribution in [2.45, 2.75) is 6.42 Å². The van der Waals surface area contributed by atoms with Gasteiger partial charge >= 0.3 is 0 Å². The smallest absolute Gasteiger partial charge is 0.126 e. The summed E-state index contributed by atoms with van der Waals surface area (Å²) in [5.41, 5.74) is 4.83. The molecule has 0 aliphatic heterocycles. The molecule has 20 heavy (non-hydrogen) atoms. The Labute approximate surface area is 119 Å². The third-order valence-corrected chi connectivity index (χ3v) is 3.43. The second-order valence-corrected chi connectivity index (χ2v) is 4.77. The number of hydrogen-bond acceptors (Lipinski definition) is 1. The Bertz CT molecular complexity index is 669. The number of ether oxygens (including phenoxy) is 1. The highest BCUT2D eigenvalue weighted by molar-refractivity contribution is 5.70. The number of hydrogen-bond donors (Lipinski definition) is 1. The molecule has 0 aliphatic carbocycles. The van der Waals surface area contributed by atoms with Crippen LogP contribution in [0.25, 0.3) is 11.1 Å². The summed E-state index contributed by atoms with van der Waals surface area (Å²) in [6.45, 7) is 0. The fourth-order valence-corrected chi connectivity index (χ4v) is 2.38. The highest BCUT2D eigenvalue weighted by Gasteiger charge is 2.04. The normalized spacial score (nSPS) is 10.4. The SMILES string of the molecule is COc1ccccc1-c1ccc(Cc2ccc[nH]2)cc1. The molecule has 1 N–H and O–H groups in total. The minimum atomic E-state index is 0.907. The molecule has 0 saturated carbocycles. The fourth-order valence-electron chi connectivity index (χ4n) is 2.38. The molecule has 3 rings (SSSR count). The molecule has 0 saturated heterocycles. The predicted molar refractivity (Wildman–Crippen MR) is 82.0 cm³/mol. The fraction of sp³-hybridized carbons (Fsp3) is 0.111. The Morgan fingerprint density at radius 3 is 2.40 bits per heavy atom. The van der Waals surface area contributed by atoms with E-state index in [1.54, 1.807) is 7.11 Å². The maximum atomic E-state index is 5.41. The minimum absolute atomic E-state index is 0.907. The van der Waals surface area contributed by atoms with Gasteiger partial charge in [0, 0.05) is 23.9 Å².